The van der Waals surface area contributed by atoms with Crippen LogP contribution in [0.3, 0.4) is 0 Å². The zero-order valence-corrected chi connectivity index (χ0v) is 9.28. The van der Waals surface area contributed by atoms with Gasteiger partial charge in [-0.1, -0.05) is 0 Å². The third-order valence-electron chi connectivity index (χ3n) is 2.34. The lowest BCUT2D eigenvalue weighted by molar-refractivity contribution is -0.137. The van der Waals surface area contributed by atoms with Gasteiger partial charge in [0.2, 0.25) is 5.78 Å². The molecule has 0 aliphatic heterocycles. The third kappa shape index (κ3) is 2.27. The largest absolute Gasteiger partial charge is 0.458 e. The first-order valence-corrected chi connectivity index (χ1v) is 5.02. The second-order valence-electron chi connectivity index (χ2n) is 3.66. The number of aromatic nitrogens is 1. The van der Waals surface area contributed by atoms with Gasteiger partial charge in [0.15, 0.2) is 5.76 Å². The number of carbonyl (C=O) groups excluding carboxylic acids is 1. The van der Waals surface area contributed by atoms with Crippen molar-refractivity contribution >= 4 is 5.78 Å². The highest BCUT2D eigenvalue weighted by atomic mass is 19.4. The van der Waals surface area contributed by atoms with Gasteiger partial charge in [0.25, 0.3) is 0 Å². The molecule has 0 spiro atoms. The highest BCUT2D eigenvalue weighted by molar-refractivity contribution is 6.08. The molecule has 0 saturated heterocycles. The number of hydrogen-bond donors (Lipinski definition) is 0. The number of alkyl halides is 3. The van der Waals surface area contributed by atoms with Crippen molar-refractivity contribution in [1.29, 1.82) is 0 Å². The van der Waals surface area contributed by atoms with E-state index in [1.807, 2.05) is 0 Å². The van der Waals surface area contributed by atoms with E-state index in [0.717, 1.165) is 18.5 Å². The molecule has 6 heteroatoms. The van der Waals surface area contributed by atoms with E-state index in [-0.39, 0.29) is 5.76 Å². The van der Waals surface area contributed by atoms with Crippen LogP contribution in [-0.4, -0.2) is 10.8 Å². The lowest BCUT2D eigenvalue weighted by Gasteiger charge is -2.09. The summed E-state index contributed by atoms with van der Waals surface area (Å²) in [5.74, 6) is -0.509. The average Bonchev–Trinajstić information content (AvgIpc) is 2.74. The molecule has 0 aliphatic rings. The average molecular weight is 255 g/mol. The fraction of sp³-hybridized carbons (Fsp3) is 0.167. The molecule has 0 bridgehead atoms. The number of halogens is 3. The predicted molar refractivity (Wildman–Crippen MR) is 56.1 cm³/mol. The van der Waals surface area contributed by atoms with E-state index in [1.54, 1.807) is 6.92 Å². The maximum absolute atomic E-state index is 12.7. The Morgan fingerprint density at radius 2 is 2.00 bits per heavy atom. The zero-order valence-electron chi connectivity index (χ0n) is 9.28. The van der Waals surface area contributed by atoms with Crippen molar-refractivity contribution in [3.05, 3.63) is 53.2 Å². The second-order valence-corrected chi connectivity index (χ2v) is 3.66. The first-order chi connectivity index (χ1) is 8.39. The van der Waals surface area contributed by atoms with E-state index < -0.39 is 23.1 Å². The van der Waals surface area contributed by atoms with Crippen LogP contribution in [0.1, 0.15) is 27.4 Å². The quantitative estimate of drug-likeness (QED) is 0.774. The van der Waals surface area contributed by atoms with Gasteiger partial charge in [-0.3, -0.25) is 9.78 Å². The Hall–Kier alpha value is -2.11. The molecule has 0 N–H and O–H groups in total. The number of aryl methyl sites for hydroxylation is 1. The van der Waals surface area contributed by atoms with Gasteiger partial charge >= 0.3 is 6.18 Å². The Bertz CT molecular complexity index is 587. The van der Waals surface area contributed by atoms with Crippen LogP contribution >= 0.6 is 0 Å². The summed E-state index contributed by atoms with van der Waals surface area (Å²) in [5, 5.41) is 0. The molecule has 18 heavy (non-hydrogen) atoms. The number of pyridine rings is 1. The monoisotopic (exact) mass is 255 g/mol. The summed E-state index contributed by atoms with van der Waals surface area (Å²) in [7, 11) is 0. The van der Waals surface area contributed by atoms with Gasteiger partial charge in [0.05, 0.1) is 11.1 Å². The minimum Gasteiger partial charge on any atom is -0.458 e. The fourth-order valence-electron chi connectivity index (χ4n) is 1.51. The maximum Gasteiger partial charge on any atom is 0.417 e. The molecule has 0 radical (unpaired) electrons. The molecule has 0 aliphatic carbocycles. The van der Waals surface area contributed by atoms with E-state index >= 15 is 0 Å². The summed E-state index contributed by atoms with van der Waals surface area (Å²) in [5.41, 5.74) is -1.53. The van der Waals surface area contributed by atoms with Crippen molar-refractivity contribution in [3.63, 3.8) is 0 Å². The Kier molecular flexibility index (Phi) is 2.94. The standard InChI is InChI=1S/C12H8F3NO2/c1-7-2-3-10(18-7)11(17)8-6-16-5-4-9(8)12(13,14)15/h2-6H,1H3. The molecule has 2 heterocycles. The first-order valence-electron chi connectivity index (χ1n) is 5.02. The van der Waals surface area contributed by atoms with Crippen LogP contribution in [0, 0.1) is 6.92 Å². The van der Waals surface area contributed by atoms with Gasteiger partial charge in [-0.05, 0) is 25.1 Å². The molecule has 0 aromatic carbocycles. The molecule has 94 valence electrons. The lowest BCUT2D eigenvalue weighted by atomic mass is 10.0. The Labute approximate surface area is 100 Å². The third-order valence-corrected chi connectivity index (χ3v) is 2.34. The van der Waals surface area contributed by atoms with Gasteiger partial charge in [-0.15, -0.1) is 0 Å². The van der Waals surface area contributed by atoms with Crippen molar-refractivity contribution in [3.8, 4) is 0 Å². The Morgan fingerprint density at radius 3 is 2.56 bits per heavy atom. The van der Waals surface area contributed by atoms with Crippen molar-refractivity contribution in [2.75, 3.05) is 0 Å². The zero-order chi connectivity index (χ0) is 13.3. The van der Waals surface area contributed by atoms with Crippen LogP contribution in [-0.2, 0) is 6.18 Å². The maximum atomic E-state index is 12.7. The predicted octanol–water partition coefficient (Wildman–Crippen LogP) is 3.23. The van der Waals surface area contributed by atoms with Crippen LogP contribution in [0.15, 0.2) is 35.0 Å². The molecule has 0 amide bonds. The first kappa shape index (κ1) is 12.3. The normalized spacial score (nSPS) is 11.6. The summed E-state index contributed by atoms with van der Waals surface area (Å²) < 4.78 is 43.2. The van der Waals surface area contributed by atoms with Gasteiger partial charge < -0.3 is 4.42 Å². The van der Waals surface area contributed by atoms with E-state index in [4.69, 9.17) is 4.42 Å². The molecular formula is C12H8F3NO2. The van der Waals surface area contributed by atoms with Gasteiger partial charge in [0.1, 0.15) is 5.76 Å². The van der Waals surface area contributed by atoms with E-state index in [0.29, 0.717) is 5.76 Å². The molecule has 3 nitrogen and oxygen atoms in total. The van der Waals surface area contributed by atoms with E-state index in [1.165, 1.54) is 12.1 Å². The molecule has 0 saturated carbocycles. The molecule has 2 aromatic heterocycles. The van der Waals surface area contributed by atoms with Crippen LogP contribution in [0.5, 0.6) is 0 Å². The topological polar surface area (TPSA) is 43.1 Å². The van der Waals surface area contributed by atoms with Crippen LogP contribution in [0.2, 0.25) is 0 Å². The number of nitrogens with zero attached hydrogens (tertiary/aromatic N) is 1. The summed E-state index contributed by atoms with van der Waals surface area (Å²) in [6.07, 6.45) is -2.72. The Morgan fingerprint density at radius 1 is 1.28 bits per heavy atom. The highest BCUT2D eigenvalue weighted by Crippen LogP contribution is 2.32. The lowest BCUT2D eigenvalue weighted by Crippen LogP contribution is -2.13. The number of rotatable bonds is 2. The molecule has 0 atom stereocenters. The van der Waals surface area contributed by atoms with E-state index in [9.17, 15) is 18.0 Å². The summed E-state index contributed by atoms with van der Waals surface area (Å²) >= 11 is 0. The fourth-order valence-corrected chi connectivity index (χ4v) is 1.51. The van der Waals surface area contributed by atoms with Crippen molar-refractivity contribution in [2.45, 2.75) is 13.1 Å². The number of hydrogen-bond acceptors (Lipinski definition) is 3. The molecule has 0 fully saturated rings. The molecule has 0 unspecified atom stereocenters. The minimum atomic E-state index is -4.60. The SMILES string of the molecule is Cc1ccc(C(=O)c2cnccc2C(F)(F)F)o1. The van der Waals surface area contributed by atoms with Crippen LogP contribution in [0.4, 0.5) is 13.2 Å². The number of ketones is 1. The highest BCUT2D eigenvalue weighted by Gasteiger charge is 2.35. The van der Waals surface area contributed by atoms with Crippen molar-refractivity contribution in [2.24, 2.45) is 0 Å². The number of carbonyl (C=O) groups is 1. The smallest absolute Gasteiger partial charge is 0.417 e. The molecular weight excluding hydrogens is 247 g/mol. The minimum absolute atomic E-state index is 0.133. The molecule has 2 aromatic rings. The van der Waals surface area contributed by atoms with Crippen molar-refractivity contribution in [1.82, 2.24) is 4.98 Å². The molecule has 2 rings (SSSR count). The summed E-state index contributed by atoms with van der Waals surface area (Å²) in [6.45, 7) is 1.60. The number of furan rings is 1. The van der Waals surface area contributed by atoms with Gasteiger partial charge in [-0.25, -0.2) is 0 Å². The van der Waals surface area contributed by atoms with Crippen LogP contribution in [0.25, 0.3) is 0 Å². The van der Waals surface area contributed by atoms with Crippen LogP contribution < -0.4 is 0 Å². The van der Waals surface area contributed by atoms with Crippen molar-refractivity contribution < 1.29 is 22.4 Å². The summed E-state index contributed by atoms with van der Waals surface area (Å²) in [6, 6.07) is 3.62. The van der Waals surface area contributed by atoms with Gasteiger partial charge in [-0.2, -0.15) is 13.2 Å². The van der Waals surface area contributed by atoms with Gasteiger partial charge in [0, 0.05) is 12.4 Å². The van der Waals surface area contributed by atoms with E-state index in [2.05, 4.69) is 4.98 Å². The summed E-state index contributed by atoms with van der Waals surface area (Å²) in [4.78, 5) is 15.4. The Balaban J connectivity index is 2.49. The second kappa shape index (κ2) is 4.29.